The number of hydrogen-bond acceptors (Lipinski definition) is 4. The summed E-state index contributed by atoms with van der Waals surface area (Å²) in [6, 6.07) is 26.2. The summed E-state index contributed by atoms with van der Waals surface area (Å²) in [6.07, 6.45) is -0.0000340. The van der Waals surface area contributed by atoms with E-state index in [-0.39, 0.29) is 12.8 Å². The van der Waals surface area contributed by atoms with Crippen molar-refractivity contribution in [1.29, 1.82) is 0 Å². The zero-order valence-corrected chi connectivity index (χ0v) is 16.2. The largest absolute Gasteiger partial charge is 0.481 e. The van der Waals surface area contributed by atoms with Crippen LogP contribution in [-0.2, 0) is 15.2 Å². The van der Waals surface area contributed by atoms with Crippen molar-refractivity contribution in [2.45, 2.75) is 18.4 Å². The Labute approximate surface area is 174 Å². The fraction of sp³-hybridized carbons (Fsp3) is 0.125. The molecule has 3 N–H and O–H groups in total. The van der Waals surface area contributed by atoms with Gasteiger partial charge >= 0.3 is 5.97 Å². The van der Waals surface area contributed by atoms with E-state index >= 15 is 0 Å². The molecule has 0 saturated carbocycles. The smallest absolute Gasteiger partial charge is 0.303 e. The highest BCUT2D eigenvalue weighted by molar-refractivity contribution is 6.02. The fourth-order valence-electron chi connectivity index (χ4n) is 3.11. The molecule has 3 aromatic carbocycles. The minimum atomic E-state index is -1.96. The Morgan fingerprint density at radius 3 is 1.70 bits per heavy atom. The van der Waals surface area contributed by atoms with Crippen molar-refractivity contribution >= 4 is 17.6 Å². The second-order valence-electron chi connectivity index (χ2n) is 6.70. The number of aliphatic hydroxyl groups is 1. The second-order valence-corrected chi connectivity index (χ2v) is 6.70. The van der Waals surface area contributed by atoms with E-state index in [2.05, 4.69) is 10.5 Å². The van der Waals surface area contributed by atoms with Crippen LogP contribution in [0.4, 0.5) is 0 Å². The van der Waals surface area contributed by atoms with Gasteiger partial charge < -0.3 is 10.2 Å². The van der Waals surface area contributed by atoms with Crippen molar-refractivity contribution in [3.63, 3.8) is 0 Å². The van der Waals surface area contributed by atoms with Crippen molar-refractivity contribution < 1.29 is 19.8 Å². The maximum absolute atomic E-state index is 13.2. The standard InChI is InChI=1S/C24H22N2O4/c27-22(28)17-16-21(18-10-4-1-5-11-18)25-26-23(29)24(30,19-12-6-2-7-13-19)20-14-8-3-9-15-20/h1-15,30H,16-17H2,(H,26,29)(H,27,28)/b25-21-. The number of nitrogens with one attached hydrogen (secondary N) is 1. The molecular weight excluding hydrogens is 380 g/mol. The van der Waals surface area contributed by atoms with E-state index in [4.69, 9.17) is 5.11 Å². The second kappa shape index (κ2) is 9.62. The van der Waals surface area contributed by atoms with Gasteiger partial charge in [0.05, 0.1) is 12.1 Å². The van der Waals surface area contributed by atoms with Crippen LogP contribution in [-0.4, -0.2) is 27.8 Å². The number of benzene rings is 3. The predicted octanol–water partition coefficient (Wildman–Crippen LogP) is 3.31. The number of hydrazone groups is 1. The van der Waals surface area contributed by atoms with Gasteiger partial charge in [-0.15, -0.1) is 0 Å². The number of nitrogens with zero attached hydrogens (tertiary/aromatic N) is 1. The molecule has 0 unspecified atom stereocenters. The first-order valence-corrected chi connectivity index (χ1v) is 9.49. The fourth-order valence-corrected chi connectivity index (χ4v) is 3.11. The van der Waals surface area contributed by atoms with E-state index in [9.17, 15) is 14.7 Å². The first-order chi connectivity index (χ1) is 14.5. The Morgan fingerprint density at radius 1 is 0.767 bits per heavy atom. The molecule has 6 heteroatoms. The van der Waals surface area contributed by atoms with E-state index in [1.54, 1.807) is 84.9 Å². The summed E-state index contributed by atoms with van der Waals surface area (Å²) in [7, 11) is 0. The molecule has 0 aliphatic heterocycles. The number of rotatable bonds is 8. The van der Waals surface area contributed by atoms with Gasteiger partial charge in [0.25, 0.3) is 5.91 Å². The van der Waals surface area contributed by atoms with E-state index in [1.807, 2.05) is 6.07 Å². The van der Waals surface area contributed by atoms with Crippen molar-refractivity contribution in [3.8, 4) is 0 Å². The molecule has 30 heavy (non-hydrogen) atoms. The van der Waals surface area contributed by atoms with E-state index < -0.39 is 17.5 Å². The van der Waals surface area contributed by atoms with Gasteiger partial charge in [0.15, 0.2) is 5.60 Å². The SMILES string of the molecule is O=C(O)CC/C(=N/NC(=O)C(O)(c1ccccc1)c1ccccc1)c1ccccc1. The summed E-state index contributed by atoms with van der Waals surface area (Å²) in [5.41, 5.74) is 2.40. The summed E-state index contributed by atoms with van der Waals surface area (Å²) in [6.45, 7) is 0. The molecule has 0 atom stereocenters. The molecule has 0 aromatic heterocycles. The topological polar surface area (TPSA) is 99.0 Å². The molecule has 0 fully saturated rings. The number of carboxylic acid groups (broad SMARTS) is 1. The van der Waals surface area contributed by atoms with Crippen LogP contribution in [0.5, 0.6) is 0 Å². The lowest BCUT2D eigenvalue weighted by molar-refractivity contribution is -0.137. The molecule has 0 aliphatic carbocycles. The molecule has 0 aliphatic rings. The summed E-state index contributed by atoms with van der Waals surface area (Å²) in [5.74, 6) is -1.70. The number of aliphatic carboxylic acids is 1. The number of carboxylic acids is 1. The van der Waals surface area contributed by atoms with Crippen LogP contribution in [0.2, 0.25) is 0 Å². The van der Waals surface area contributed by atoms with Gasteiger partial charge in [0.2, 0.25) is 0 Å². The third-order valence-corrected chi connectivity index (χ3v) is 4.69. The van der Waals surface area contributed by atoms with Crippen LogP contribution >= 0.6 is 0 Å². The molecule has 0 heterocycles. The highest BCUT2D eigenvalue weighted by atomic mass is 16.4. The first-order valence-electron chi connectivity index (χ1n) is 9.49. The molecule has 152 valence electrons. The van der Waals surface area contributed by atoms with Gasteiger partial charge in [-0.1, -0.05) is 91.0 Å². The van der Waals surface area contributed by atoms with Gasteiger partial charge in [0.1, 0.15) is 0 Å². The van der Waals surface area contributed by atoms with E-state index in [0.717, 1.165) is 0 Å². The maximum Gasteiger partial charge on any atom is 0.303 e. The molecule has 0 radical (unpaired) electrons. The lowest BCUT2D eigenvalue weighted by Gasteiger charge is -2.27. The number of hydrogen-bond donors (Lipinski definition) is 3. The molecule has 3 rings (SSSR count). The van der Waals surface area contributed by atoms with Crippen molar-refractivity contribution in [1.82, 2.24) is 5.43 Å². The average Bonchev–Trinajstić information content (AvgIpc) is 2.80. The number of amides is 1. The van der Waals surface area contributed by atoms with Gasteiger partial charge in [0, 0.05) is 6.42 Å². The monoisotopic (exact) mass is 402 g/mol. The Morgan fingerprint density at radius 2 is 1.23 bits per heavy atom. The van der Waals surface area contributed by atoms with Crippen LogP contribution in [0.3, 0.4) is 0 Å². The average molecular weight is 402 g/mol. The Hall–Kier alpha value is -3.77. The lowest BCUT2D eigenvalue weighted by Crippen LogP contribution is -2.44. The highest BCUT2D eigenvalue weighted by Crippen LogP contribution is 2.29. The molecule has 0 spiro atoms. The zero-order valence-electron chi connectivity index (χ0n) is 16.2. The van der Waals surface area contributed by atoms with Crippen molar-refractivity contribution in [2.75, 3.05) is 0 Å². The first kappa shape index (κ1) is 21.0. The minimum absolute atomic E-state index is 0.134. The maximum atomic E-state index is 13.2. The molecule has 6 nitrogen and oxygen atoms in total. The van der Waals surface area contributed by atoms with Gasteiger partial charge in [-0.05, 0) is 16.7 Å². The third kappa shape index (κ3) is 4.79. The van der Waals surface area contributed by atoms with Crippen LogP contribution < -0.4 is 5.43 Å². The Balaban J connectivity index is 1.95. The summed E-state index contributed by atoms with van der Waals surface area (Å²) < 4.78 is 0. The van der Waals surface area contributed by atoms with Gasteiger partial charge in [-0.25, -0.2) is 5.43 Å². The Bertz CT molecular complexity index is 979. The lowest BCUT2D eigenvalue weighted by atomic mass is 9.85. The Kier molecular flexibility index (Phi) is 6.72. The minimum Gasteiger partial charge on any atom is -0.481 e. The van der Waals surface area contributed by atoms with Crippen molar-refractivity contribution in [3.05, 3.63) is 108 Å². The van der Waals surface area contributed by atoms with Crippen LogP contribution in [0.25, 0.3) is 0 Å². The summed E-state index contributed by atoms with van der Waals surface area (Å²) in [4.78, 5) is 24.2. The summed E-state index contributed by atoms with van der Waals surface area (Å²) in [5, 5.41) is 24.7. The molecular formula is C24H22N2O4. The van der Waals surface area contributed by atoms with E-state index in [0.29, 0.717) is 22.4 Å². The predicted molar refractivity (Wildman–Crippen MR) is 114 cm³/mol. The molecule has 3 aromatic rings. The zero-order chi connectivity index (χ0) is 21.4. The van der Waals surface area contributed by atoms with Gasteiger partial charge in [-0.3, -0.25) is 9.59 Å². The van der Waals surface area contributed by atoms with E-state index in [1.165, 1.54) is 0 Å². The quantitative estimate of drug-likeness (QED) is 0.398. The van der Waals surface area contributed by atoms with Crippen molar-refractivity contribution in [2.24, 2.45) is 5.10 Å². The van der Waals surface area contributed by atoms with Crippen LogP contribution in [0.15, 0.2) is 96.1 Å². The number of carbonyl (C=O) groups is 2. The normalized spacial score (nSPS) is 11.7. The molecule has 0 bridgehead atoms. The van der Waals surface area contributed by atoms with Crippen LogP contribution in [0.1, 0.15) is 29.5 Å². The molecule has 1 amide bonds. The highest BCUT2D eigenvalue weighted by Gasteiger charge is 2.40. The summed E-state index contributed by atoms with van der Waals surface area (Å²) >= 11 is 0. The third-order valence-electron chi connectivity index (χ3n) is 4.69. The number of carbonyl (C=O) groups excluding carboxylic acids is 1. The molecule has 0 saturated heterocycles. The van der Waals surface area contributed by atoms with Gasteiger partial charge in [-0.2, -0.15) is 5.10 Å². The van der Waals surface area contributed by atoms with Crippen LogP contribution in [0, 0.1) is 0 Å².